The number of benzene rings is 1. The Kier molecular flexibility index (Phi) is 6.99. The first kappa shape index (κ1) is 25.0. The van der Waals surface area contributed by atoms with Gasteiger partial charge < -0.3 is 19.7 Å². The Bertz CT molecular complexity index is 997. The van der Waals surface area contributed by atoms with E-state index in [0.29, 0.717) is 19.1 Å². The molecule has 0 radical (unpaired) electrons. The maximum Gasteiger partial charge on any atom is 0.253 e. The summed E-state index contributed by atoms with van der Waals surface area (Å²) in [4.78, 5) is 13.2. The number of nitrogens with zero attached hydrogens (tertiary/aromatic N) is 1. The van der Waals surface area contributed by atoms with Crippen LogP contribution in [0.25, 0.3) is 11.3 Å². The number of aromatic nitrogens is 1. The van der Waals surface area contributed by atoms with Gasteiger partial charge in [0, 0.05) is 17.9 Å². The van der Waals surface area contributed by atoms with Crippen LogP contribution in [0.4, 0.5) is 0 Å². The highest BCUT2D eigenvalue weighted by Gasteiger charge is 2.28. The minimum atomic E-state index is -0.948. The van der Waals surface area contributed by atoms with Gasteiger partial charge >= 0.3 is 0 Å². The number of amides is 1. The summed E-state index contributed by atoms with van der Waals surface area (Å²) in [6.45, 7) is 14.5. The van der Waals surface area contributed by atoms with Crippen LogP contribution in [0, 0.1) is 12.8 Å². The number of aliphatic hydroxyl groups is 1. The van der Waals surface area contributed by atoms with Crippen molar-refractivity contribution in [3.05, 3.63) is 46.6 Å². The van der Waals surface area contributed by atoms with Crippen LogP contribution in [0.5, 0.6) is 0 Å². The molecule has 2 heterocycles. The summed E-state index contributed by atoms with van der Waals surface area (Å²) in [7, 11) is 0. The van der Waals surface area contributed by atoms with Crippen molar-refractivity contribution in [3.8, 4) is 11.3 Å². The van der Waals surface area contributed by atoms with Gasteiger partial charge in [-0.1, -0.05) is 46.1 Å². The molecule has 5 heteroatoms. The van der Waals surface area contributed by atoms with Crippen molar-refractivity contribution in [2.45, 2.75) is 97.2 Å². The van der Waals surface area contributed by atoms with Crippen LogP contribution < -0.4 is 5.32 Å². The molecule has 2 aliphatic rings. The second-order valence-electron chi connectivity index (χ2n) is 12.0. The second kappa shape index (κ2) is 9.50. The van der Waals surface area contributed by atoms with Gasteiger partial charge in [-0.3, -0.25) is 4.79 Å². The average molecular weight is 467 g/mol. The second-order valence-corrected chi connectivity index (χ2v) is 12.0. The molecule has 5 nitrogen and oxygen atoms in total. The van der Waals surface area contributed by atoms with Gasteiger partial charge in [0.15, 0.2) is 0 Å². The van der Waals surface area contributed by atoms with Crippen molar-refractivity contribution in [3.63, 3.8) is 0 Å². The predicted octanol–water partition coefficient (Wildman–Crippen LogP) is 5.70. The maximum atomic E-state index is 13.2. The van der Waals surface area contributed by atoms with E-state index < -0.39 is 5.60 Å². The van der Waals surface area contributed by atoms with E-state index in [4.69, 9.17) is 4.74 Å². The molecule has 1 aromatic carbocycles. The first-order chi connectivity index (χ1) is 15.9. The molecule has 2 N–H and O–H groups in total. The Morgan fingerprint density at radius 3 is 2.24 bits per heavy atom. The lowest BCUT2D eigenvalue weighted by Gasteiger charge is -2.27. The van der Waals surface area contributed by atoms with E-state index >= 15 is 0 Å². The van der Waals surface area contributed by atoms with Crippen molar-refractivity contribution >= 4 is 5.91 Å². The van der Waals surface area contributed by atoms with Crippen molar-refractivity contribution in [2.75, 3.05) is 13.2 Å². The lowest BCUT2D eigenvalue weighted by atomic mass is 9.82. The first-order valence-electron chi connectivity index (χ1n) is 12.9. The van der Waals surface area contributed by atoms with Crippen LogP contribution in [-0.4, -0.2) is 34.8 Å². The number of hydrogen-bond acceptors (Lipinski definition) is 3. The van der Waals surface area contributed by atoms with Gasteiger partial charge in [0.05, 0.1) is 30.4 Å². The van der Waals surface area contributed by atoms with Crippen LogP contribution in [0.3, 0.4) is 0 Å². The van der Waals surface area contributed by atoms with Gasteiger partial charge in [0.2, 0.25) is 0 Å². The summed E-state index contributed by atoms with van der Waals surface area (Å²) in [6.07, 6.45) is 6.40. The van der Waals surface area contributed by atoms with Gasteiger partial charge in [-0.05, 0) is 79.8 Å². The van der Waals surface area contributed by atoms with Crippen LogP contribution in [0.1, 0.15) is 93.9 Å². The van der Waals surface area contributed by atoms with Crippen LogP contribution in [0.15, 0.2) is 24.3 Å². The highest BCUT2D eigenvalue weighted by molar-refractivity contribution is 5.97. The number of hydrogen-bond donors (Lipinski definition) is 2. The minimum Gasteiger partial charge on any atom is -0.386 e. The first-order valence-corrected chi connectivity index (χ1v) is 12.9. The summed E-state index contributed by atoms with van der Waals surface area (Å²) >= 11 is 0. The molecule has 1 saturated carbocycles. The molecule has 34 heavy (non-hydrogen) atoms. The molecule has 0 unspecified atom stereocenters. The lowest BCUT2D eigenvalue weighted by Crippen LogP contribution is -2.48. The van der Waals surface area contributed by atoms with E-state index in [9.17, 15) is 9.90 Å². The molecule has 0 spiro atoms. The van der Waals surface area contributed by atoms with Gasteiger partial charge in [0.25, 0.3) is 5.91 Å². The molecule has 1 saturated heterocycles. The normalized spacial score (nSPS) is 18.1. The van der Waals surface area contributed by atoms with Gasteiger partial charge in [-0.15, -0.1) is 0 Å². The third-order valence-electron chi connectivity index (χ3n) is 7.55. The molecule has 1 aromatic heterocycles. The standard InChI is InChI=1S/C29H42N2O3/c1-19-25(27(32)30-24-17-34-18-24)15-26(31(19)16-20-10-8-7-9-11-20)21-12-22(28(2,3)4)14-23(13-21)29(5,6)33/h12-15,20,24,33H,7-11,16-18H2,1-6H3,(H,30,32). The average Bonchev–Trinajstić information content (AvgIpc) is 3.06. The minimum absolute atomic E-state index is 0.0240. The maximum absolute atomic E-state index is 13.2. The summed E-state index contributed by atoms with van der Waals surface area (Å²) < 4.78 is 7.61. The topological polar surface area (TPSA) is 63.5 Å². The zero-order valence-corrected chi connectivity index (χ0v) is 21.8. The Hall–Kier alpha value is -2.11. The zero-order valence-electron chi connectivity index (χ0n) is 21.8. The van der Waals surface area contributed by atoms with Gasteiger partial charge in [-0.2, -0.15) is 0 Å². The van der Waals surface area contributed by atoms with Crippen molar-refractivity contribution in [1.82, 2.24) is 9.88 Å². The zero-order chi connectivity index (χ0) is 24.7. The quantitative estimate of drug-likeness (QED) is 0.574. The fourth-order valence-electron chi connectivity index (χ4n) is 5.12. The fourth-order valence-corrected chi connectivity index (χ4v) is 5.12. The Labute approximate surface area is 204 Å². The predicted molar refractivity (Wildman–Crippen MR) is 137 cm³/mol. The largest absolute Gasteiger partial charge is 0.386 e. The SMILES string of the molecule is Cc1c(C(=O)NC2COC2)cc(-c2cc(C(C)(C)C)cc(C(C)(C)O)c2)n1CC1CCCCC1. The number of nitrogens with one attached hydrogen (secondary N) is 1. The van der Waals surface area contributed by atoms with Crippen molar-refractivity contribution in [1.29, 1.82) is 0 Å². The Morgan fingerprint density at radius 1 is 1.03 bits per heavy atom. The number of rotatable bonds is 6. The molecule has 4 rings (SSSR count). The summed E-state index contributed by atoms with van der Waals surface area (Å²) in [5.74, 6) is 0.609. The number of ether oxygens (including phenoxy) is 1. The highest BCUT2D eigenvalue weighted by Crippen LogP contribution is 2.36. The third-order valence-corrected chi connectivity index (χ3v) is 7.55. The van der Waals surface area contributed by atoms with E-state index in [1.165, 1.54) is 37.7 Å². The fraction of sp³-hybridized carbons (Fsp3) is 0.621. The summed E-state index contributed by atoms with van der Waals surface area (Å²) in [6, 6.07) is 8.62. The van der Waals surface area contributed by atoms with Gasteiger partial charge in [-0.25, -0.2) is 0 Å². The van der Waals surface area contributed by atoms with E-state index in [2.05, 4.69) is 61.8 Å². The van der Waals surface area contributed by atoms with E-state index in [0.717, 1.165) is 34.6 Å². The summed E-state index contributed by atoms with van der Waals surface area (Å²) in [5, 5.41) is 14.0. The molecule has 2 aromatic rings. The highest BCUT2D eigenvalue weighted by atomic mass is 16.5. The molecule has 186 valence electrons. The van der Waals surface area contributed by atoms with Crippen LogP contribution >= 0.6 is 0 Å². The van der Waals surface area contributed by atoms with E-state index in [1.54, 1.807) is 0 Å². The molecule has 2 fully saturated rings. The van der Waals surface area contributed by atoms with Crippen LogP contribution in [-0.2, 0) is 22.3 Å². The molecule has 1 aliphatic heterocycles. The number of carbonyl (C=O) groups excluding carboxylic acids is 1. The van der Waals surface area contributed by atoms with Crippen molar-refractivity contribution < 1.29 is 14.6 Å². The smallest absolute Gasteiger partial charge is 0.253 e. The van der Waals surface area contributed by atoms with E-state index in [-0.39, 0.29) is 17.4 Å². The number of carbonyl (C=O) groups is 1. The molecule has 0 bridgehead atoms. The van der Waals surface area contributed by atoms with Crippen molar-refractivity contribution in [2.24, 2.45) is 5.92 Å². The van der Waals surface area contributed by atoms with Gasteiger partial charge in [0.1, 0.15) is 0 Å². The Morgan fingerprint density at radius 2 is 1.68 bits per heavy atom. The monoisotopic (exact) mass is 466 g/mol. The molecular weight excluding hydrogens is 424 g/mol. The molecule has 1 aliphatic carbocycles. The summed E-state index contributed by atoms with van der Waals surface area (Å²) in [5.41, 5.74) is 4.96. The lowest BCUT2D eigenvalue weighted by molar-refractivity contribution is -0.00347. The molecular formula is C29H42N2O3. The van der Waals surface area contributed by atoms with Crippen LogP contribution in [0.2, 0.25) is 0 Å². The molecule has 1 amide bonds. The molecule has 0 atom stereocenters. The third kappa shape index (κ3) is 5.41. The van der Waals surface area contributed by atoms with E-state index in [1.807, 2.05) is 13.8 Å². The Balaban J connectivity index is 1.81.